The number of carbonyl (C=O) groups is 1. The Hall–Kier alpha value is -2.08. The van der Waals surface area contributed by atoms with Gasteiger partial charge >= 0.3 is 6.09 Å². The maximum absolute atomic E-state index is 11.7. The second-order valence-electron chi connectivity index (χ2n) is 4.91. The number of amides is 1. The van der Waals surface area contributed by atoms with Crippen molar-refractivity contribution in [3.05, 3.63) is 29.8 Å². The number of benzene rings is 1. The molecule has 2 aliphatic heterocycles. The van der Waals surface area contributed by atoms with Crippen LogP contribution in [0.5, 0.6) is 0 Å². The molecule has 0 bridgehead atoms. The van der Waals surface area contributed by atoms with Crippen LogP contribution in [-0.2, 0) is 4.74 Å². The summed E-state index contributed by atoms with van der Waals surface area (Å²) in [5, 5.41) is 3.28. The fourth-order valence-corrected chi connectivity index (χ4v) is 2.38. The first kappa shape index (κ1) is 12.9. The fraction of sp³-hybridized carbons (Fsp3) is 0.429. The molecule has 3 N–H and O–H groups in total. The van der Waals surface area contributed by atoms with Crippen LogP contribution in [0.4, 0.5) is 10.5 Å². The van der Waals surface area contributed by atoms with E-state index >= 15 is 0 Å². The number of cyclic esters (lactones) is 1. The first-order chi connectivity index (χ1) is 9.78. The molecule has 6 nitrogen and oxygen atoms in total. The third kappa shape index (κ3) is 2.46. The Bertz CT molecular complexity index is 526. The molecule has 3 rings (SSSR count). The van der Waals surface area contributed by atoms with Crippen molar-refractivity contribution in [2.24, 2.45) is 10.7 Å². The van der Waals surface area contributed by atoms with Gasteiger partial charge in [0, 0.05) is 30.9 Å². The third-order valence-electron chi connectivity index (χ3n) is 3.49. The Labute approximate surface area is 117 Å². The zero-order chi connectivity index (χ0) is 13.9. The van der Waals surface area contributed by atoms with E-state index in [9.17, 15) is 4.79 Å². The number of nitrogens with one attached hydrogen (secondary N) is 1. The van der Waals surface area contributed by atoms with Gasteiger partial charge in [0.2, 0.25) is 0 Å². The minimum absolute atomic E-state index is 0.216. The van der Waals surface area contributed by atoms with Gasteiger partial charge in [0.25, 0.3) is 0 Å². The summed E-state index contributed by atoms with van der Waals surface area (Å²) < 4.78 is 5.15. The maximum Gasteiger partial charge on any atom is 0.414 e. The summed E-state index contributed by atoms with van der Waals surface area (Å²) in [5.41, 5.74) is 7.39. The van der Waals surface area contributed by atoms with Gasteiger partial charge in [-0.2, -0.15) is 0 Å². The molecule has 6 heteroatoms. The van der Waals surface area contributed by atoms with Gasteiger partial charge in [-0.3, -0.25) is 9.89 Å². The highest BCUT2D eigenvalue weighted by Crippen LogP contribution is 2.22. The molecule has 0 aromatic heterocycles. The number of aliphatic imine (C=N–C) groups is 1. The van der Waals surface area contributed by atoms with Crippen LogP contribution >= 0.6 is 0 Å². The van der Waals surface area contributed by atoms with E-state index in [4.69, 9.17) is 10.5 Å². The highest BCUT2D eigenvalue weighted by atomic mass is 16.6. The molecule has 0 radical (unpaired) electrons. The van der Waals surface area contributed by atoms with Crippen LogP contribution in [0.3, 0.4) is 0 Å². The number of amidine groups is 1. The molecule has 0 aliphatic carbocycles. The average Bonchev–Trinajstić information content (AvgIpc) is 2.89. The summed E-state index contributed by atoms with van der Waals surface area (Å²) >= 11 is 0. The predicted molar refractivity (Wildman–Crippen MR) is 77.1 cm³/mol. The summed E-state index contributed by atoms with van der Waals surface area (Å²) in [7, 11) is 0. The minimum Gasteiger partial charge on any atom is -0.443 e. The molecule has 0 saturated carbocycles. The van der Waals surface area contributed by atoms with Crippen LogP contribution < -0.4 is 16.0 Å². The molecule has 1 saturated heterocycles. The largest absolute Gasteiger partial charge is 0.443 e. The van der Waals surface area contributed by atoms with E-state index in [2.05, 4.69) is 10.3 Å². The van der Waals surface area contributed by atoms with E-state index < -0.39 is 0 Å². The molecule has 2 heterocycles. The third-order valence-corrected chi connectivity index (χ3v) is 3.49. The summed E-state index contributed by atoms with van der Waals surface area (Å²) in [4.78, 5) is 17.8. The topological polar surface area (TPSA) is 80.0 Å². The number of anilines is 1. The Morgan fingerprint density at radius 3 is 2.80 bits per heavy atom. The van der Waals surface area contributed by atoms with E-state index in [1.165, 1.54) is 0 Å². The number of rotatable bonds is 3. The van der Waals surface area contributed by atoms with Crippen LogP contribution in [0, 0.1) is 0 Å². The van der Waals surface area contributed by atoms with Crippen LogP contribution in [-0.4, -0.2) is 44.2 Å². The normalized spacial score (nSPS) is 22.2. The molecule has 1 amide bonds. The van der Waals surface area contributed by atoms with Crippen molar-refractivity contribution >= 4 is 17.6 Å². The SMILES string of the molecule is NC[C@H]1CN(c2ccc(C3=NCCCN3)cc2)C(=O)O1. The van der Waals surface area contributed by atoms with E-state index in [0.29, 0.717) is 13.1 Å². The monoisotopic (exact) mass is 274 g/mol. The molecule has 106 valence electrons. The second kappa shape index (κ2) is 5.50. The summed E-state index contributed by atoms with van der Waals surface area (Å²) in [6, 6.07) is 7.76. The Balaban J connectivity index is 1.76. The molecule has 1 aromatic carbocycles. The molecule has 0 spiro atoms. The first-order valence-electron chi connectivity index (χ1n) is 6.85. The standard InChI is InChI=1S/C14H18N4O2/c15-8-12-9-18(14(19)20-12)11-4-2-10(3-5-11)13-16-6-1-7-17-13/h2-5,12H,1,6-9,15H2,(H,16,17)/t12-/m0/s1. The van der Waals surface area contributed by atoms with E-state index in [0.717, 1.165) is 36.6 Å². The maximum atomic E-state index is 11.7. The highest BCUT2D eigenvalue weighted by molar-refractivity contribution is 5.99. The van der Waals surface area contributed by atoms with E-state index in [-0.39, 0.29) is 12.2 Å². The summed E-state index contributed by atoms with van der Waals surface area (Å²) in [6.07, 6.45) is 0.523. The first-order valence-corrected chi connectivity index (χ1v) is 6.85. The van der Waals surface area contributed by atoms with Crippen molar-refractivity contribution in [1.82, 2.24) is 5.32 Å². The van der Waals surface area contributed by atoms with Gasteiger partial charge in [-0.25, -0.2) is 4.79 Å². The molecular weight excluding hydrogens is 256 g/mol. The highest BCUT2D eigenvalue weighted by Gasteiger charge is 2.31. The molecular formula is C14H18N4O2. The predicted octanol–water partition coefficient (Wildman–Crippen LogP) is 0.710. The lowest BCUT2D eigenvalue weighted by molar-refractivity contribution is 0.145. The van der Waals surface area contributed by atoms with Crippen molar-refractivity contribution in [1.29, 1.82) is 0 Å². The zero-order valence-electron chi connectivity index (χ0n) is 11.2. The number of carbonyl (C=O) groups excluding carboxylic acids is 1. The van der Waals surface area contributed by atoms with Crippen LogP contribution in [0.15, 0.2) is 29.3 Å². The molecule has 0 unspecified atom stereocenters. The molecule has 20 heavy (non-hydrogen) atoms. The Kier molecular flexibility index (Phi) is 3.56. The molecule has 1 aromatic rings. The van der Waals surface area contributed by atoms with Crippen molar-refractivity contribution < 1.29 is 9.53 Å². The van der Waals surface area contributed by atoms with Crippen molar-refractivity contribution in [3.63, 3.8) is 0 Å². The zero-order valence-corrected chi connectivity index (χ0v) is 11.2. The van der Waals surface area contributed by atoms with Crippen molar-refractivity contribution in [2.45, 2.75) is 12.5 Å². The number of nitrogens with two attached hydrogens (primary N) is 1. The van der Waals surface area contributed by atoms with Crippen molar-refractivity contribution in [3.8, 4) is 0 Å². The van der Waals surface area contributed by atoms with Gasteiger partial charge in [-0.15, -0.1) is 0 Å². The number of hydrogen-bond donors (Lipinski definition) is 2. The quantitative estimate of drug-likeness (QED) is 0.850. The Morgan fingerprint density at radius 1 is 1.40 bits per heavy atom. The lowest BCUT2D eigenvalue weighted by Crippen LogP contribution is -2.30. The number of nitrogens with zero attached hydrogens (tertiary/aromatic N) is 2. The second-order valence-corrected chi connectivity index (χ2v) is 4.91. The lowest BCUT2D eigenvalue weighted by atomic mass is 10.1. The van der Waals surface area contributed by atoms with Gasteiger partial charge in [0.15, 0.2) is 0 Å². The van der Waals surface area contributed by atoms with Crippen LogP contribution in [0.25, 0.3) is 0 Å². The van der Waals surface area contributed by atoms with Gasteiger partial charge in [-0.05, 0) is 30.7 Å². The van der Waals surface area contributed by atoms with Gasteiger partial charge in [-0.1, -0.05) is 0 Å². The number of hydrogen-bond acceptors (Lipinski definition) is 5. The molecule has 1 fully saturated rings. The number of ether oxygens (including phenoxy) is 1. The Morgan fingerprint density at radius 2 is 2.20 bits per heavy atom. The fourth-order valence-electron chi connectivity index (χ4n) is 2.38. The van der Waals surface area contributed by atoms with Crippen LogP contribution in [0.2, 0.25) is 0 Å². The van der Waals surface area contributed by atoms with Gasteiger partial charge < -0.3 is 15.8 Å². The lowest BCUT2D eigenvalue weighted by Gasteiger charge is -2.16. The average molecular weight is 274 g/mol. The van der Waals surface area contributed by atoms with E-state index in [1.807, 2.05) is 24.3 Å². The summed E-state index contributed by atoms with van der Waals surface area (Å²) in [6.45, 7) is 2.67. The smallest absolute Gasteiger partial charge is 0.414 e. The minimum atomic E-state index is -0.332. The van der Waals surface area contributed by atoms with E-state index in [1.54, 1.807) is 4.90 Å². The molecule has 2 aliphatic rings. The van der Waals surface area contributed by atoms with Gasteiger partial charge in [0.1, 0.15) is 11.9 Å². The molecule has 1 atom stereocenters. The van der Waals surface area contributed by atoms with Crippen LogP contribution in [0.1, 0.15) is 12.0 Å². The van der Waals surface area contributed by atoms with Gasteiger partial charge in [0.05, 0.1) is 6.54 Å². The summed E-state index contributed by atoms with van der Waals surface area (Å²) in [5.74, 6) is 0.923. The van der Waals surface area contributed by atoms with Crippen molar-refractivity contribution in [2.75, 3.05) is 31.1 Å².